The number of rotatable bonds is 1. The molecule has 1 N–H and O–H groups in total. The normalized spacial score (nSPS) is 19.1. The Morgan fingerprint density at radius 1 is 1.50 bits per heavy atom. The highest BCUT2D eigenvalue weighted by Crippen LogP contribution is 2.22. The van der Waals surface area contributed by atoms with Crippen LogP contribution in [-0.4, -0.2) is 26.3 Å². The molecule has 1 atom stereocenters. The molecule has 3 nitrogen and oxygen atoms in total. The first-order valence-electron chi connectivity index (χ1n) is 6.04. The summed E-state index contributed by atoms with van der Waals surface area (Å²) in [5, 5.41) is 11.5. The van der Waals surface area contributed by atoms with Gasteiger partial charge in [0, 0.05) is 31.0 Å². The highest BCUT2D eigenvalue weighted by molar-refractivity contribution is 6.31. The van der Waals surface area contributed by atoms with E-state index in [0.29, 0.717) is 5.92 Å². The van der Waals surface area contributed by atoms with Crippen molar-refractivity contribution in [3.8, 4) is 6.07 Å². The molecule has 1 heterocycles. The molecule has 0 saturated carbocycles. The highest BCUT2D eigenvalue weighted by atomic mass is 35.5. The summed E-state index contributed by atoms with van der Waals surface area (Å²) >= 11 is 6.00. The molecule has 0 spiro atoms. The molecule has 1 aromatic rings. The van der Waals surface area contributed by atoms with Crippen molar-refractivity contribution < 1.29 is 4.74 Å². The van der Waals surface area contributed by atoms with Crippen molar-refractivity contribution in [3.05, 3.63) is 34.3 Å². The van der Waals surface area contributed by atoms with E-state index in [1.54, 1.807) is 6.07 Å². The fourth-order valence-electron chi connectivity index (χ4n) is 1.84. The standard InChI is InChI=1S/C12H16ClNO.C2H3N/c1-9-6-10(2-3-12(9)13)11-7-14-4-5-15-8-11;1-2-3/h2-3,6,11,14H,4-5,7-8H2,1H3;1H3. The van der Waals surface area contributed by atoms with Gasteiger partial charge >= 0.3 is 0 Å². The second-order valence-corrected chi connectivity index (χ2v) is 4.62. The second kappa shape index (κ2) is 8.10. The molecular formula is C14H19ClN2O. The fraction of sp³-hybridized carbons (Fsp3) is 0.500. The van der Waals surface area contributed by atoms with Gasteiger partial charge in [0.15, 0.2) is 0 Å². The van der Waals surface area contributed by atoms with Gasteiger partial charge in [0.2, 0.25) is 0 Å². The van der Waals surface area contributed by atoms with Crippen LogP contribution in [0.3, 0.4) is 0 Å². The van der Waals surface area contributed by atoms with Crippen LogP contribution in [0.5, 0.6) is 0 Å². The minimum Gasteiger partial charge on any atom is -0.379 e. The number of benzene rings is 1. The van der Waals surface area contributed by atoms with Crippen LogP contribution in [0.2, 0.25) is 5.02 Å². The van der Waals surface area contributed by atoms with E-state index in [1.165, 1.54) is 12.5 Å². The zero-order valence-electron chi connectivity index (χ0n) is 10.9. The Hall–Kier alpha value is -1.08. The minimum atomic E-state index is 0.448. The quantitative estimate of drug-likeness (QED) is 0.850. The van der Waals surface area contributed by atoms with Crippen LogP contribution in [0.25, 0.3) is 0 Å². The van der Waals surface area contributed by atoms with Crippen LogP contribution in [0.15, 0.2) is 18.2 Å². The number of ether oxygens (including phenoxy) is 1. The molecule has 0 bridgehead atoms. The Morgan fingerprint density at radius 3 is 2.89 bits per heavy atom. The predicted molar refractivity (Wildman–Crippen MR) is 73.9 cm³/mol. The molecule has 1 saturated heterocycles. The Balaban J connectivity index is 0.000000492. The SMILES string of the molecule is CC#N.Cc1cc(C2CNCCOC2)ccc1Cl. The molecule has 98 valence electrons. The van der Waals surface area contributed by atoms with Gasteiger partial charge in [0.1, 0.15) is 0 Å². The zero-order valence-corrected chi connectivity index (χ0v) is 11.6. The van der Waals surface area contributed by atoms with Crippen molar-refractivity contribution in [3.63, 3.8) is 0 Å². The number of nitrogens with zero attached hydrogens (tertiary/aromatic N) is 1. The van der Waals surface area contributed by atoms with E-state index in [4.69, 9.17) is 21.6 Å². The van der Waals surface area contributed by atoms with Crippen molar-refractivity contribution in [2.75, 3.05) is 26.3 Å². The van der Waals surface area contributed by atoms with E-state index in [2.05, 4.69) is 17.4 Å². The summed E-state index contributed by atoms with van der Waals surface area (Å²) in [6.45, 7) is 7.01. The minimum absolute atomic E-state index is 0.448. The number of hydrogen-bond acceptors (Lipinski definition) is 3. The molecular weight excluding hydrogens is 248 g/mol. The maximum atomic E-state index is 7.32. The molecule has 0 radical (unpaired) electrons. The number of halogens is 1. The summed E-state index contributed by atoms with van der Waals surface area (Å²) in [6, 6.07) is 7.97. The van der Waals surface area contributed by atoms with Gasteiger partial charge in [-0.3, -0.25) is 0 Å². The molecule has 2 rings (SSSR count). The second-order valence-electron chi connectivity index (χ2n) is 4.21. The third-order valence-electron chi connectivity index (χ3n) is 2.79. The van der Waals surface area contributed by atoms with Crippen LogP contribution in [0.4, 0.5) is 0 Å². The molecule has 18 heavy (non-hydrogen) atoms. The van der Waals surface area contributed by atoms with Gasteiger partial charge in [-0.1, -0.05) is 23.7 Å². The number of aryl methyl sites for hydroxylation is 1. The Morgan fingerprint density at radius 2 is 2.22 bits per heavy atom. The molecule has 1 aliphatic heterocycles. The summed E-state index contributed by atoms with van der Waals surface area (Å²) in [4.78, 5) is 0. The van der Waals surface area contributed by atoms with Gasteiger partial charge in [-0.25, -0.2) is 0 Å². The maximum absolute atomic E-state index is 7.32. The smallest absolute Gasteiger partial charge is 0.0591 e. The van der Waals surface area contributed by atoms with Crippen LogP contribution in [0.1, 0.15) is 24.0 Å². The summed E-state index contributed by atoms with van der Waals surface area (Å²) in [7, 11) is 0. The molecule has 1 aliphatic rings. The Kier molecular flexibility index (Phi) is 6.74. The van der Waals surface area contributed by atoms with Gasteiger partial charge in [-0.2, -0.15) is 5.26 Å². The van der Waals surface area contributed by atoms with Crippen molar-refractivity contribution in [1.29, 1.82) is 5.26 Å². The Labute approximate surface area is 114 Å². The van der Waals surface area contributed by atoms with Crippen molar-refractivity contribution in [2.45, 2.75) is 19.8 Å². The monoisotopic (exact) mass is 266 g/mol. The first-order valence-corrected chi connectivity index (χ1v) is 6.42. The van der Waals surface area contributed by atoms with Gasteiger partial charge in [0.05, 0.1) is 19.3 Å². The molecule has 1 fully saturated rings. The summed E-state index contributed by atoms with van der Waals surface area (Å²) < 4.78 is 5.54. The zero-order chi connectivity index (χ0) is 13.4. The third-order valence-corrected chi connectivity index (χ3v) is 3.21. The topological polar surface area (TPSA) is 45.0 Å². The summed E-state index contributed by atoms with van der Waals surface area (Å²) in [6.07, 6.45) is 0. The lowest BCUT2D eigenvalue weighted by atomic mass is 9.98. The highest BCUT2D eigenvalue weighted by Gasteiger charge is 2.14. The predicted octanol–water partition coefficient (Wildman–Crippen LogP) is 2.88. The third kappa shape index (κ3) is 4.66. The lowest BCUT2D eigenvalue weighted by Crippen LogP contribution is -2.21. The number of hydrogen-bond donors (Lipinski definition) is 1. The van der Waals surface area contributed by atoms with E-state index in [9.17, 15) is 0 Å². The van der Waals surface area contributed by atoms with E-state index >= 15 is 0 Å². The van der Waals surface area contributed by atoms with E-state index in [0.717, 1.165) is 36.9 Å². The first kappa shape index (κ1) is 15.0. The van der Waals surface area contributed by atoms with Crippen LogP contribution >= 0.6 is 11.6 Å². The lowest BCUT2D eigenvalue weighted by Gasteiger charge is -2.15. The van der Waals surface area contributed by atoms with E-state index in [-0.39, 0.29) is 0 Å². The maximum Gasteiger partial charge on any atom is 0.0591 e. The fourth-order valence-corrected chi connectivity index (χ4v) is 1.96. The van der Waals surface area contributed by atoms with E-state index in [1.807, 2.05) is 13.0 Å². The number of nitrogens with one attached hydrogen (secondary N) is 1. The van der Waals surface area contributed by atoms with Crippen molar-refractivity contribution >= 4 is 11.6 Å². The van der Waals surface area contributed by atoms with Gasteiger partial charge in [-0.05, 0) is 24.1 Å². The molecule has 0 amide bonds. The van der Waals surface area contributed by atoms with Crippen molar-refractivity contribution in [1.82, 2.24) is 5.32 Å². The van der Waals surface area contributed by atoms with Crippen LogP contribution < -0.4 is 5.32 Å². The van der Waals surface area contributed by atoms with Crippen LogP contribution in [-0.2, 0) is 4.74 Å². The lowest BCUT2D eigenvalue weighted by molar-refractivity contribution is 0.141. The summed E-state index contributed by atoms with van der Waals surface area (Å²) in [5.41, 5.74) is 2.45. The first-order chi connectivity index (χ1) is 8.69. The Bertz CT molecular complexity index is 407. The average molecular weight is 267 g/mol. The summed E-state index contributed by atoms with van der Waals surface area (Å²) in [5.74, 6) is 0.448. The van der Waals surface area contributed by atoms with Gasteiger partial charge in [-0.15, -0.1) is 0 Å². The molecule has 0 aromatic heterocycles. The van der Waals surface area contributed by atoms with Gasteiger partial charge in [0.25, 0.3) is 0 Å². The van der Waals surface area contributed by atoms with Gasteiger partial charge < -0.3 is 10.1 Å². The largest absolute Gasteiger partial charge is 0.379 e. The van der Waals surface area contributed by atoms with Crippen LogP contribution in [0, 0.1) is 18.3 Å². The van der Waals surface area contributed by atoms with E-state index < -0.39 is 0 Å². The van der Waals surface area contributed by atoms with Crippen molar-refractivity contribution in [2.24, 2.45) is 0 Å². The molecule has 0 aliphatic carbocycles. The molecule has 1 unspecified atom stereocenters. The molecule has 1 aromatic carbocycles. The number of nitriles is 1. The average Bonchev–Trinajstić information content (AvgIpc) is 2.62. The molecule has 4 heteroatoms.